The molecule has 0 saturated carbocycles. The van der Waals surface area contributed by atoms with Gasteiger partial charge < -0.3 is 0 Å². The molecule has 0 radical (unpaired) electrons. The minimum absolute atomic E-state index is 0.0950. The van der Waals surface area contributed by atoms with Crippen LogP contribution in [0.5, 0.6) is 0 Å². The average Bonchev–Trinajstić information content (AvgIpc) is 2.62. The molecule has 0 aliphatic heterocycles. The number of nitrogens with zero attached hydrogens (tertiary/aromatic N) is 1. The van der Waals surface area contributed by atoms with Gasteiger partial charge in [0, 0.05) is 11.4 Å². The van der Waals surface area contributed by atoms with Gasteiger partial charge in [-0.15, -0.1) is 0 Å². The van der Waals surface area contributed by atoms with Crippen LogP contribution in [-0.4, -0.2) is 11.2 Å². The van der Waals surface area contributed by atoms with Crippen LogP contribution < -0.4 is 0 Å². The molecule has 5 heteroatoms. The van der Waals surface area contributed by atoms with E-state index in [4.69, 9.17) is 0 Å². The van der Waals surface area contributed by atoms with E-state index in [1.807, 2.05) is 6.92 Å². The molecule has 14 heavy (non-hydrogen) atoms. The number of hydrogen-bond acceptors (Lipinski definition) is 4. The first-order chi connectivity index (χ1) is 6.67. The maximum Gasteiger partial charge on any atom is 0.324 e. The topological polar surface area (TPSA) is 60.2 Å². The predicted octanol–water partition coefficient (Wildman–Crippen LogP) is 2.65. The van der Waals surface area contributed by atoms with Gasteiger partial charge in [0.25, 0.3) is 0 Å². The monoisotopic (exact) mass is 211 g/mol. The fourth-order valence-electron chi connectivity index (χ4n) is 0.944. The zero-order valence-corrected chi connectivity index (χ0v) is 8.41. The third-order valence-electron chi connectivity index (χ3n) is 1.70. The van der Waals surface area contributed by atoms with Gasteiger partial charge in [-0.05, 0) is 23.6 Å². The Morgan fingerprint density at radius 3 is 2.86 bits per heavy atom. The summed E-state index contributed by atoms with van der Waals surface area (Å²) in [5, 5.41) is 12.1. The van der Waals surface area contributed by atoms with Crippen LogP contribution in [0.25, 0.3) is 6.08 Å². The van der Waals surface area contributed by atoms with Gasteiger partial charge in [0.2, 0.25) is 0 Å². The highest BCUT2D eigenvalue weighted by Crippen LogP contribution is 2.24. The highest BCUT2D eigenvalue weighted by Gasteiger charge is 2.08. The molecule has 0 fully saturated rings. The Morgan fingerprint density at radius 1 is 1.71 bits per heavy atom. The Morgan fingerprint density at radius 2 is 2.43 bits per heavy atom. The highest BCUT2D eigenvalue weighted by atomic mass is 32.1. The van der Waals surface area contributed by atoms with E-state index in [1.165, 1.54) is 6.07 Å². The summed E-state index contributed by atoms with van der Waals surface area (Å²) in [6.07, 6.45) is 3.06. The zero-order chi connectivity index (χ0) is 10.6. The van der Waals surface area contributed by atoms with E-state index in [-0.39, 0.29) is 5.00 Å². The number of aldehydes is 1. The van der Waals surface area contributed by atoms with Crippen molar-refractivity contribution in [2.75, 3.05) is 0 Å². The molecule has 74 valence electrons. The second kappa shape index (κ2) is 4.66. The lowest BCUT2D eigenvalue weighted by Gasteiger charge is -1.89. The maximum atomic E-state index is 10.5. The number of carbonyl (C=O) groups excluding carboxylic acids is 1. The van der Waals surface area contributed by atoms with Gasteiger partial charge in [-0.1, -0.05) is 18.3 Å². The van der Waals surface area contributed by atoms with Crippen molar-refractivity contribution in [3.8, 4) is 0 Å². The third kappa shape index (κ3) is 2.50. The summed E-state index contributed by atoms with van der Waals surface area (Å²) in [7, 11) is 0. The summed E-state index contributed by atoms with van der Waals surface area (Å²) in [6.45, 7) is 1.86. The van der Waals surface area contributed by atoms with Gasteiger partial charge in [-0.2, -0.15) is 0 Å². The molecule has 0 atom stereocenters. The van der Waals surface area contributed by atoms with E-state index in [9.17, 15) is 14.9 Å². The molecule has 0 spiro atoms. The molecule has 0 amide bonds. The smallest absolute Gasteiger partial charge is 0.298 e. The number of carbonyl (C=O) groups is 1. The van der Waals surface area contributed by atoms with E-state index < -0.39 is 4.92 Å². The largest absolute Gasteiger partial charge is 0.324 e. The van der Waals surface area contributed by atoms with Crippen molar-refractivity contribution in [1.82, 2.24) is 0 Å². The van der Waals surface area contributed by atoms with Crippen LogP contribution >= 0.6 is 11.3 Å². The van der Waals surface area contributed by atoms with E-state index in [0.717, 1.165) is 17.6 Å². The molecule has 0 unspecified atom stereocenters. The van der Waals surface area contributed by atoms with Crippen molar-refractivity contribution >= 4 is 28.7 Å². The lowest BCUT2D eigenvalue weighted by molar-refractivity contribution is -0.380. The number of thiophene rings is 1. The molecule has 0 aromatic carbocycles. The minimum atomic E-state index is -0.436. The van der Waals surface area contributed by atoms with Crippen molar-refractivity contribution in [1.29, 1.82) is 0 Å². The fraction of sp³-hybridized carbons (Fsp3) is 0.222. The van der Waals surface area contributed by atoms with Gasteiger partial charge in [-0.25, -0.2) is 0 Å². The Kier molecular flexibility index (Phi) is 3.53. The van der Waals surface area contributed by atoms with Gasteiger partial charge >= 0.3 is 5.00 Å². The summed E-state index contributed by atoms with van der Waals surface area (Å²) in [6, 6.07) is 1.46. The van der Waals surface area contributed by atoms with Crippen LogP contribution in [0.4, 0.5) is 5.00 Å². The van der Waals surface area contributed by atoms with Crippen LogP contribution in [0.15, 0.2) is 17.0 Å². The normalized spacial score (nSPS) is 11.4. The van der Waals surface area contributed by atoms with Crippen LogP contribution in [0.2, 0.25) is 0 Å². The standard InChI is InChI=1S/C9H9NO3S/c1-2-7(5-11)3-8-4-9(10(12)13)14-6-8/h3-6H,2H2,1H3. The second-order valence-electron chi connectivity index (χ2n) is 2.67. The Labute approximate surface area is 85.0 Å². The molecule has 1 aromatic heterocycles. The molecular formula is C9H9NO3S. The number of nitro groups is 1. The third-order valence-corrected chi connectivity index (χ3v) is 2.60. The molecule has 0 aliphatic rings. The first-order valence-corrected chi connectivity index (χ1v) is 4.94. The maximum absolute atomic E-state index is 10.5. The predicted molar refractivity (Wildman–Crippen MR) is 55.3 cm³/mol. The summed E-state index contributed by atoms with van der Waals surface area (Å²) < 4.78 is 0. The highest BCUT2D eigenvalue weighted by molar-refractivity contribution is 7.13. The molecule has 0 bridgehead atoms. The summed E-state index contributed by atoms with van der Waals surface area (Å²) in [4.78, 5) is 20.4. The van der Waals surface area contributed by atoms with Crippen molar-refractivity contribution in [3.63, 3.8) is 0 Å². The summed E-state index contributed by atoms with van der Waals surface area (Å²) in [5.41, 5.74) is 1.35. The number of hydrogen-bond donors (Lipinski definition) is 0. The van der Waals surface area contributed by atoms with Crippen molar-refractivity contribution in [2.45, 2.75) is 13.3 Å². The molecule has 4 nitrogen and oxygen atoms in total. The van der Waals surface area contributed by atoms with Gasteiger partial charge in [0.05, 0.1) is 4.92 Å². The first kappa shape index (κ1) is 10.6. The van der Waals surface area contributed by atoms with E-state index in [0.29, 0.717) is 17.6 Å². The Bertz CT molecular complexity index is 381. The van der Waals surface area contributed by atoms with E-state index in [2.05, 4.69) is 0 Å². The van der Waals surface area contributed by atoms with Crippen molar-refractivity contribution < 1.29 is 9.72 Å². The SMILES string of the molecule is CCC(C=O)=Cc1csc([N+](=O)[O-])c1. The lowest BCUT2D eigenvalue weighted by atomic mass is 10.1. The van der Waals surface area contributed by atoms with Gasteiger partial charge in [-0.3, -0.25) is 14.9 Å². The number of rotatable bonds is 4. The van der Waals surface area contributed by atoms with Crippen LogP contribution in [-0.2, 0) is 4.79 Å². The number of allylic oxidation sites excluding steroid dienone is 1. The van der Waals surface area contributed by atoms with Crippen molar-refractivity contribution in [3.05, 3.63) is 32.7 Å². The van der Waals surface area contributed by atoms with Crippen LogP contribution in [0, 0.1) is 10.1 Å². The Balaban J connectivity index is 2.92. The molecule has 1 rings (SSSR count). The molecular weight excluding hydrogens is 202 g/mol. The van der Waals surface area contributed by atoms with Crippen LogP contribution in [0.1, 0.15) is 18.9 Å². The zero-order valence-electron chi connectivity index (χ0n) is 7.60. The summed E-state index contributed by atoms with van der Waals surface area (Å²) >= 11 is 1.06. The molecule has 1 aromatic rings. The van der Waals surface area contributed by atoms with E-state index >= 15 is 0 Å². The molecule has 0 saturated heterocycles. The lowest BCUT2D eigenvalue weighted by Crippen LogP contribution is -1.82. The second-order valence-corrected chi connectivity index (χ2v) is 3.56. The molecule has 0 N–H and O–H groups in total. The molecule has 0 aliphatic carbocycles. The summed E-state index contributed by atoms with van der Waals surface area (Å²) in [5.74, 6) is 0. The fourth-order valence-corrected chi connectivity index (χ4v) is 1.63. The van der Waals surface area contributed by atoms with E-state index in [1.54, 1.807) is 11.5 Å². The minimum Gasteiger partial charge on any atom is -0.298 e. The first-order valence-electron chi connectivity index (χ1n) is 4.06. The molecule has 1 heterocycles. The van der Waals surface area contributed by atoms with Gasteiger partial charge in [0.15, 0.2) is 0 Å². The van der Waals surface area contributed by atoms with Gasteiger partial charge in [0.1, 0.15) is 6.29 Å². The van der Waals surface area contributed by atoms with Crippen LogP contribution in [0.3, 0.4) is 0 Å². The Hall–Kier alpha value is -1.49. The quantitative estimate of drug-likeness (QED) is 0.333. The van der Waals surface area contributed by atoms with Crippen molar-refractivity contribution in [2.24, 2.45) is 0 Å². The average molecular weight is 211 g/mol.